The van der Waals surface area contributed by atoms with Crippen molar-refractivity contribution in [3.05, 3.63) is 16.5 Å². The lowest BCUT2D eigenvalue weighted by Crippen LogP contribution is -2.51. The zero-order chi connectivity index (χ0) is 14.6. The molecule has 0 saturated carbocycles. The van der Waals surface area contributed by atoms with Crippen LogP contribution in [0, 0.1) is 5.92 Å². The van der Waals surface area contributed by atoms with E-state index in [0.29, 0.717) is 8.55 Å². The zero-order valence-corrected chi connectivity index (χ0v) is 14.2. The largest absolute Gasteiger partial charge is 0.389 e. The molecule has 0 bridgehead atoms. The first-order valence-electron chi connectivity index (χ1n) is 6.45. The van der Waals surface area contributed by atoms with Crippen LogP contribution in [-0.4, -0.2) is 21.0 Å². The molecule has 2 N–H and O–H groups in total. The Morgan fingerprint density at radius 3 is 2.37 bits per heavy atom. The maximum absolute atomic E-state index is 12.3. The van der Waals surface area contributed by atoms with Crippen LogP contribution in [0.15, 0.2) is 16.3 Å². The topological polar surface area (TPSA) is 49.3 Å². The van der Waals surface area contributed by atoms with Gasteiger partial charge in [-0.2, -0.15) is 0 Å². The van der Waals surface area contributed by atoms with E-state index in [2.05, 4.69) is 18.6 Å². The third kappa shape index (κ3) is 4.83. The lowest BCUT2D eigenvalue weighted by molar-refractivity contribution is 0.0222. The molecule has 0 aromatic carbocycles. The van der Waals surface area contributed by atoms with Crippen LogP contribution in [0.4, 0.5) is 0 Å². The second-order valence-corrected chi connectivity index (χ2v) is 8.34. The average Bonchev–Trinajstić information content (AvgIpc) is 2.74. The lowest BCUT2D eigenvalue weighted by Gasteiger charge is -2.35. The van der Waals surface area contributed by atoms with Gasteiger partial charge in [-0.1, -0.05) is 38.3 Å². The Hall–Kier alpha value is 0.0600. The minimum absolute atomic E-state index is 0.218. The van der Waals surface area contributed by atoms with Crippen molar-refractivity contribution in [1.82, 2.24) is 4.72 Å². The molecule has 2 unspecified atom stereocenters. The number of aliphatic hydroxyl groups is 1. The summed E-state index contributed by atoms with van der Waals surface area (Å²) in [5, 5.41) is 10.3. The van der Waals surface area contributed by atoms with Crippen LogP contribution in [0.5, 0.6) is 0 Å². The lowest BCUT2D eigenvalue weighted by atomic mass is 9.84. The van der Waals surface area contributed by atoms with E-state index in [-0.39, 0.29) is 12.0 Å². The third-order valence-corrected chi connectivity index (χ3v) is 5.95. The summed E-state index contributed by atoms with van der Waals surface area (Å²) in [7, 11) is -1.34. The first kappa shape index (κ1) is 17.1. The van der Waals surface area contributed by atoms with Crippen LogP contribution >= 0.6 is 22.9 Å². The fraction of sp³-hybridized carbons (Fsp3) is 0.692. The molecule has 1 aromatic heterocycles. The molecule has 0 aliphatic carbocycles. The van der Waals surface area contributed by atoms with E-state index in [1.807, 2.05) is 0 Å². The molecule has 1 heterocycles. The number of hydrogen-bond donors (Lipinski definition) is 2. The molecule has 0 saturated heterocycles. The van der Waals surface area contributed by atoms with Crippen molar-refractivity contribution in [3.63, 3.8) is 0 Å². The van der Waals surface area contributed by atoms with Gasteiger partial charge in [0, 0.05) is 0 Å². The summed E-state index contributed by atoms with van der Waals surface area (Å²) in [5.74, 6) is 0.277. The summed E-state index contributed by atoms with van der Waals surface area (Å²) in [6.45, 7) is 7.67. The van der Waals surface area contributed by atoms with Gasteiger partial charge in [-0.15, -0.1) is 11.3 Å². The maximum Gasteiger partial charge on any atom is 0.135 e. The molecule has 6 heteroatoms. The van der Waals surface area contributed by atoms with Crippen molar-refractivity contribution in [3.8, 4) is 0 Å². The standard InChI is InChI=1S/C13H22ClNO2S2/c1-5-9(6-2)12(13(3,4)16)15-19(17)11-8-7-10(14)18-11/h7-9,12,15-16H,5-6H2,1-4H3. The fourth-order valence-corrected chi connectivity index (χ4v) is 4.80. The van der Waals surface area contributed by atoms with Crippen molar-refractivity contribution >= 4 is 33.9 Å². The van der Waals surface area contributed by atoms with Crippen LogP contribution in [0.1, 0.15) is 40.5 Å². The first-order valence-corrected chi connectivity index (χ1v) is 8.79. The Kier molecular flexibility index (Phi) is 6.47. The van der Waals surface area contributed by atoms with Gasteiger partial charge in [-0.3, -0.25) is 0 Å². The Labute approximate surface area is 127 Å². The Balaban J connectivity index is 2.86. The van der Waals surface area contributed by atoms with E-state index in [9.17, 15) is 9.32 Å². The quantitative estimate of drug-likeness (QED) is 0.805. The zero-order valence-electron chi connectivity index (χ0n) is 11.8. The third-order valence-electron chi connectivity index (χ3n) is 3.25. The van der Waals surface area contributed by atoms with Gasteiger partial charge in [0.25, 0.3) is 0 Å². The Morgan fingerprint density at radius 2 is 2.00 bits per heavy atom. The highest BCUT2D eigenvalue weighted by atomic mass is 35.5. The normalized spacial score (nSPS) is 15.7. The second kappa shape index (κ2) is 7.18. The molecule has 1 rings (SSSR count). The van der Waals surface area contributed by atoms with Crippen LogP contribution < -0.4 is 4.72 Å². The summed E-state index contributed by atoms with van der Waals surface area (Å²) in [4.78, 5) is 0. The summed E-state index contributed by atoms with van der Waals surface area (Å²) >= 11 is 7.15. The van der Waals surface area contributed by atoms with E-state index in [1.165, 1.54) is 11.3 Å². The molecular formula is C13H22ClNO2S2. The van der Waals surface area contributed by atoms with Gasteiger partial charge < -0.3 is 5.11 Å². The average molecular weight is 324 g/mol. The molecule has 110 valence electrons. The monoisotopic (exact) mass is 323 g/mol. The van der Waals surface area contributed by atoms with Gasteiger partial charge in [0.15, 0.2) is 0 Å². The van der Waals surface area contributed by atoms with Gasteiger partial charge in [0.05, 0.1) is 16.0 Å². The molecule has 0 aliphatic heterocycles. The molecular weight excluding hydrogens is 302 g/mol. The van der Waals surface area contributed by atoms with Crippen LogP contribution in [0.25, 0.3) is 0 Å². The second-order valence-electron chi connectivity index (χ2n) is 5.15. The van der Waals surface area contributed by atoms with Gasteiger partial charge in [0.1, 0.15) is 15.2 Å². The van der Waals surface area contributed by atoms with E-state index < -0.39 is 16.6 Å². The van der Waals surface area contributed by atoms with E-state index in [1.54, 1.807) is 26.0 Å². The van der Waals surface area contributed by atoms with Crippen molar-refractivity contribution in [2.24, 2.45) is 5.92 Å². The van der Waals surface area contributed by atoms with E-state index in [0.717, 1.165) is 12.8 Å². The smallest absolute Gasteiger partial charge is 0.135 e. The van der Waals surface area contributed by atoms with Gasteiger partial charge >= 0.3 is 0 Å². The van der Waals surface area contributed by atoms with Crippen molar-refractivity contribution in [2.75, 3.05) is 0 Å². The van der Waals surface area contributed by atoms with Crippen molar-refractivity contribution < 1.29 is 9.32 Å². The number of rotatable bonds is 7. The van der Waals surface area contributed by atoms with Gasteiger partial charge in [-0.05, 0) is 31.9 Å². The number of halogens is 1. The van der Waals surface area contributed by atoms with Crippen LogP contribution in [0.3, 0.4) is 0 Å². The molecule has 0 aliphatic rings. The molecule has 0 spiro atoms. The van der Waals surface area contributed by atoms with Crippen LogP contribution in [-0.2, 0) is 11.0 Å². The molecule has 3 nitrogen and oxygen atoms in total. The predicted octanol–water partition coefficient (Wildman–Crippen LogP) is 3.59. The first-order chi connectivity index (χ1) is 8.79. The SMILES string of the molecule is CCC(CC)C(NS(=O)c1ccc(Cl)s1)C(C)(C)O. The highest BCUT2D eigenvalue weighted by Crippen LogP contribution is 2.27. The molecule has 0 fully saturated rings. The van der Waals surface area contributed by atoms with E-state index in [4.69, 9.17) is 11.6 Å². The molecule has 19 heavy (non-hydrogen) atoms. The minimum Gasteiger partial charge on any atom is -0.389 e. The number of thiophene rings is 1. The Bertz CT molecular complexity index is 425. The summed E-state index contributed by atoms with van der Waals surface area (Å²) < 4.78 is 16.7. The van der Waals surface area contributed by atoms with Crippen molar-refractivity contribution in [2.45, 2.75) is 56.4 Å². The maximum atomic E-state index is 12.3. The predicted molar refractivity (Wildman–Crippen MR) is 83.0 cm³/mol. The summed E-state index contributed by atoms with van der Waals surface area (Å²) in [6.07, 6.45) is 1.86. The highest BCUT2D eigenvalue weighted by Gasteiger charge is 2.33. The highest BCUT2D eigenvalue weighted by molar-refractivity contribution is 7.85. The Morgan fingerprint density at radius 1 is 1.42 bits per heavy atom. The number of nitrogens with one attached hydrogen (secondary N) is 1. The molecule has 1 aromatic rings. The van der Waals surface area contributed by atoms with Gasteiger partial charge in [-0.25, -0.2) is 8.93 Å². The van der Waals surface area contributed by atoms with E-state index >= 15 is 0 Å². The minimum atomic E-state index is -1.34. The summed E-state index contributed by atoms with van der Waals surface area (Å²) in [6, 6.07) is 3.27. The molecule has 0 amide bonds. The number of hydrogen-bond acceptors (Lipinski definition) is 3. The van der Waals surface area contributed by atoms with Crippen molar-refractivity contribution in [1.29, 1.82) is 0 Å². The van der Waals surface area contributed by atoms with Gasteiger partial charge in [0.2, 0.25) is 0 Å². The summed E-state index contributed by atoms with van der Waals surface area (Å²) in [5.41, 5.74) is -0.923. The van der Waals surface area contributed by atoms with Crippen LogP contribution in [0.2, 0.25) is 4.34 Å². The molecule has 2 atom stereocenters. The fourth-order valence-electron chi connectivity index (χ4n) is 2.15. The molecule has 0 radical (unpaired) electrons.